The minimum atomic E-state index is 0.185. The molecule has 0 heterocycles. The Balaban J connectivity index is 1.94. The van der Waals surface area contributed by atoms with Crippen LogP contribution in [0.3, 0.4) is 0 Å². The van der Waals surface area contributed by atoms with Gasteiger partial charge in [-0.2, -0.15) is 0 Å². The summed E-state index contributed by atoms with van der Waals surface area (Å²) in [5.41, 5.74) is 3.34. The second-order valence-corrected chi connectivity index (χ2v) is 4.65. The molecule has 2 aromatic rings. The number of rotatable bonds is 5. The van der Waals surface area contributed by atoms with Crippen molar-refractivity contribution in [2.75, 3.05) is 0 Å². The average Bonchev–Trinajstić information content (AvgIpc) is 2.47. The fourth-order valence-electron chi connectivity index (χ4n) is 2.01. The molecule has 19 heavy (non-hydrogen) atoms. The molecule has 0 aliphatic heterocycles. The van der Waals surface area contributed by atoms with Gasteiger partial charge in [0.15, 0.2) is 5.78 Å². The Kier molecular flexibility index (Phi) is 4.68. The van der Waals surface area contributed by atoms with E-state index < -0.39 is 0 Å². The summed E-state index contributed by atoms with van der Waals surface area (Å²) in [6.07, 6.45) is 3.12. The van der Waals surface area contributed by atoms with Crippen LogP contribution in [0, 0.1) is 0 Å². The predicted octanol–water partition coefficient (Wildman–Crippen LogP) is 4.29. The normalized spacial score (nSPS) is 11.3. The maximum absolute atomic E-state index is 11.9. The predicted molar refractivity (Wildman–Crippen MR) is 79.9 cm³/mol. The van der Waals surface area contributed by atoms with Crippen molar-refractivity contribution in [3.05, 3.63) is 77.9 Å². The molecule has 1 nitrogen and oxygen atoms in total. The minimum Gasteiger partial charge on any atom is -0.295 e. The standard InChI is InChI=1S/C18H18O/c1-15(17-10-6-3-7-11-17)14-18(19)13-12-16-8-4-2-5-9-16/h2-11,14H,12-13H2,1H3/b15-14-. The first-order chi connectivity index (χ1) is 9.25. The topological polar surface area (TPSA) is 17.1 Å². The van der Waals surface area contributed by atoms with Gasteiger partial charge in [0, 0.05) is 6.42 Å². The molecule has 0 aliphatic carbocycles. The molecule has 0 aromatic heterocycles. The van der Waals surface area contributed by atoms with Gasteiger partial charge in [0.1, 0.15) is 0 Å². The van der Waals surface area contributed by atoms with Crippen LogP contribution in [0.25, 0.3) is 5.57 Å². The molecule has 0 radical (unpaired) electrons. The number of ketones is 1. The molecule has 0 aliphatic rings. The molecule has 0 atom stereocenters. The maximum atomic E-state index is 11.9. The monoisotopic (exact) mass is 250 g/mol. The lowest BCUT2D eigenvalue weighted by Gasteiger charge is -2.02. The molecular formula is C18H18O. The summed E-state index contributed by atoms with van der Waals surface area (Å²) in [5.74, 6) is 0.185. The fraction of sp³-hybridized carbons (Fsp3) is 0.167. The molecule has 0 bridgehead atoms. The van der Waals surface area contributed by atoms with E-state index in [9.17, 15) is 4.79 Å². The molecule has 96 valence electrons. The van der Waals surface area contributed by atoms with Gasteiger partial charge in [-0.3, -0.25) is 4.79 Å². The summed E-state index contributed by atoms with van der Waals surface area (Å²) in [5, 5.41) is 0. The lowest BCUT2D eigenvalue weighted by Crippen LogP contribution is -1.97. The maximum Gasteiger partial charge on any atom is 0.156 e. The minimum absolute atomic E-state index is 0.185. The molecule has 0 saturated carbocycles. The van der Waals surface area contributed by atoms with E-state index in [1.165, 1.54) is 5.56 Å². The van der Waals surface area contributed by atoms with Gasteiger partial charge >= 0.3 is 0 Å². The van der Waals surface area contributed by atoms with E-state index >= 15 is 0 Å². The Morgan fingerprint density at radius 3 is 2.16 bits per heavy atom. The highest BCUT2D eigenvalue weighted by atomic mass is 16.1. The zero-order valence-electron chi connectivity index (χ0n) is 11.2. The second-order valence-electron chi connectivity index (χ2n) is 4.65. The molecule has 2 rings (SSSR count). The van der Waals surface area contributed by atoms with Crippen molar-refractivity contribution in [3.63, 3.8) is 0 Å². The van der Waals surface area contributed by atoms with E-state index in [0.717, 1.165) is 17.6 Å². The largest absolute Gasteiger partial charge is 0.295 e. The van der Waals surface area contributed by atoms with Gasteiger partial charge in [-0.15, -0.1) is 0 Å². The van der Waals surface area contributed by atoms with Crippen LogP contribution in [0.15, 0.2) is 66.7 Å². The molecule has 0 N–H and O–H groups in total. The quantitative estimate of drug-likeness (QED) is 0.723. The highest BCUT2D eigenvalue weighted by molar-refractivity contribution is 5.96. The number of carbonyl (C=O) groups is 1. The van der Waals surface area contributed by atoms with Crippen LogP contribution in [-0.4, -0.2) is 5.78 Å². The average molecular weight is 250 g/mol. The van der Waals surface area contributed by atoms with E-state index in [1.807, 2.05) is 55.5 Å². The van der Waals surface area contributed by atoms with Gasteiger partial charge < -0.3 is 0 Å². The van der Waals surface area contributed by atoms with Crippen molar-refractivity contribution in [2.24, 2.45) is 0 Å². The van der Waals surface area contributed by atoms with E-state index in [2.05, 4.69) is 12.1 Å². The van der Waals surface area contributed by atoms with Crippen molar-refractivity contribution in [1.82, 2.24) is 0 Å². The highest BCUT2D eigenvalue weighted by Gasteiger charge is 2.01. The molecule has 1 heteroatoms. The van der Waals surface area contributed by atoms with E-state index in [-0.39, 0.29) is 5.78 Å². The number of hydrogen-bond donors (Lipinski definition) is 0. The Morgan fingerprint density at radius 1 is 0.947 bits per heavy atom. The van der Waals surface area contributed by atoms with Crippen LogP contribution in [0.4, 0.5) is 0 Å². The van der Waals surface area contributed by atoms with Crippen LogP contribution in [0.5, 0.6) is 0 Å². The van der Waals surface area contributed by atoms with Crippen LogP contribution in [0.1, 0.15) is 24.5 Å². The van der Waals surface area contributed by atoms with Gasteiger partial charge in [0.05, 0.1) is 0 Å². The molecule has 0 saturated heterocycles. The Morgan fingerprint density at radius 2 is 1.53 bits per heavy atom. The number of aryl methyl sites for hydroxylation is 1. The summed E-state index contributed by atoms with van der Waals surface area (Å²) in [6.45, 7) is 1.98. The Hall–Kier alpha value is -2.15. The van der Waals surface area contributed by atoms with Gasteiger partial charge in [-0.25, -0.2) is 0 Å². The summed E-state index contributed by atoms with van der Waals surface area (Å²) in [7, 11) is 0. The SMILES string of the molecule is C/C(=C/C(=O)CCc1ccccc1)c1ccccc1. The number of allylic oxidation sites excluding steroid dienone is 2. The van der Waals surface area contributed by atoms with E-state index in [4.69, 9.17) is 0 Å². The van der Waals surface area contributed by atoms with Crippen LogP contribution < -0.4 is 0 Å². The fourth-order valence-corrected chi connectivity index (χ4v) is 2.01. The third-order valence-electron chi connectivity index (χ3n) is 3.11. The summed E-state index contributed by atoms with van der Waals surface area (Å²) in [4.78, 5) is 11.9. The first-order valence-corrected chi connectivity index (χ1v) is 6.56. The summed E-state index contributed by atoms with van der Waals surface area (Å²) in [6, 6.07) is 20.1. The molecule has 0 spiro atoms. The van der Waals surface area contributed by atoms with Crippen molar-refractivity contribution < 1.29 is 4.79 Å². The lowest BCUT2D eigenvalue weighted by molar-refractivity contribution is -0.114. The van der Waals surface area contributed by atoms with Gasteiger partial charge in [0.2, 0.25) is 0 Å². The van der Waals surface area contributed by atoms with Crippen molar-refractivity contribution in [1.29, 1.82) is 0 Å². The lowest BCUT2D eigenvalue weighted by atomic mass is 10.0. The molecule has 0 fully saturated rings. The first kappa shape index (κ1) is 13.3. The van der Waals surface area contributed by atoms with E-state index in [0.29, 0.717) is 6.42 Å². The summed E-state index contributed by atoms with van der Waals surface area (Å²) < 4.78 is 0. The Bertz CT molecular complexity index is 553. The summed E-state index contributed by atoms with van der Waals surface area (Å²) >= 11 is 0. The molecule has 0 amide bonds. The van der Waals surface area contributed by atoms with Gasteiger partial charge in [-0.1, -0.05) is 60.7 Å². The van der Waals surface area contributed by atoms with Crippen molar-refractivity contribution in [2.45, 2.75) is 19.8 Å². The van der Waals surface area contributed by atoms with Gasteiger partial charge in [0.25, 0.3) is 0 Å². The number of carbonyl (C=O) groups excluding carboxylic acids is 1. The Labute approximate surface area is 114 Å². The second kappa shape index (κ2) is 6.69. The number of hydrogen-bond acceptors (Lipinski definition) is 1. The van der Waals surface area contributed by atoms with Crippen LogP contribution in [-0.2, 0) is 11.2 Å². The number of benzene rings is 2. The molecule has 0 unspecified atom stereocenters. The van der Waals surface area contributed by atoms with Crippen molar-refractivity contribution >= 4 is 11.4 Å². The zero-order valence-corrected chi connectivity index (χ0v) is 11.2. The van der Waals surface area contributed by atoms with E-state index in [1.54, 1.807) is 6.08 Å². The van der Waals surface area contributed by atoms with Crippen molar-refractivity contribution in [3.8, 4) is 0 Å². The van der Waals surface area contributed by atoms with Crippen LogP contribution >= 0.6 is 0 Å². The zero-order chi connectivity index (χ0) is 13.5. The first-order valence-electron chi connectivity index (χ1n) is 6.56. The molecule has 2 aromatic carbocycles. The van der Waals surface area contributed by atoms with Crippen LogP contribution in [0.2, 0.25) is 0 Å². The third-order valence-corrected chi connectivity index (χ3v) is 3.11. The third kappa shape index (κ3) is 4.22. The smallest absolute Gasteiger partial charge is 0.156 e. The van der Waals surface area contributed by atoms with Gasteiger partial charge in [-0.05, 0) is 36.1 Å². The highest BCUT2D eigenvalue weighted by Crippen LogP contribution is 2.13. The molecular weight excluding hydrogens is 232 g/mol.